The van der Waals surface area contributed by atoms with Gasteiger partial charge in [-0.3, -0.25) is 9.05 Å². The van der Waals surface area contributed by atoms with Gasteiger partial charge >= 0.3 is 13.8 Å². The number of carbonyl (C=O) groups is 1. The highest BCUT2D eigenvalue weighted by atomic mass is 31.2. The topological polar surface area (TPSA) is 112 Å². The van der Waals surface area contributed by atoms with Crippen molar-refractivity contribution in [2.75, 3.05) is 54.6 Å². The minimum atomic E-state index is -4.31. The molecule has 0 aliphatic rings. The smallest absolute Gasteiger partial charge is 0.461 e. The number of aliphatic hydroxyl groups is 1. The SMILES string of the molecule is C=CCCCCC(C)CCC/C=C\C#CCC[C@H](OC)C(=O)OC[C@@H](O)COP(=O)(O)OCC[N+](C)(C)C. The summed E-state index contributed by atoms with van der Waals surface area (Å²) < 4.78 is 32.3. The maximum atomic E-state index is 12.2. The predicted octanol–water partition coefficient (Wildman–Crippen LogP) is 4.64. The van der Waals surface area contributed by atoms with Crippen molar-refractivity contribution in [2.45, 2.75) is 76.9 Å². The Morgan fingerprint density at radius 1 is 1.08 bits per heavy atom. The van der Waals surface area contributed by atoms with Crippen molar-refractivity contribution in [3.8, 4) is 11.8 Å². The lowest BCUT2D eigenvalue weighted by atomic mass is 9.97. The zero-order chi connectivity index (χ0) is 28.9. The molecule has 0 bridgehead atoms. The van der Waals surface area contributed by atoms with E-state index in [-0.39, 0.29) is 6.61 Å². The number of hydrogen-bond acceptors (Lipinski definition) is 7. The number of aliphatic hydroxyl groups excluding tert-OH is 1. The van der Waals surface area contributed by atoms with Crippen LogP contribution in [-0.2, 0) is 27.9 Å². The summed E-state index contributed by atoms with van der Waals surface area (Å²) in [5.41, 5.74) is 0. The first-order valence-electron chi connectivity index (χ1n) is 13.4. The lowest BCUT2D eigenvalue weighted by molar-refractivity contribution is -0.870. The van der Waals surface area contributed by atoms with Gasteiger partial charge < -0.3 is 24.0 Å². The molecule has 0 amide bonds. The predicted molar refractivity (Wildman–Crippen MR) is 150 cm³/mol. The van der Waals surface area contributed by atoms with E-state index in [4.69, 9.17) is 18.5 Å². The normalized spacial score (nSPS) is 15.8. The van der Waals surface area contributed by atoms with E-state index in [1.54, 1.807) is 0 Å². The van der Waals surface area contributed by atoms with Gasteiger partial charge in [0.15, 0.2) is 6.10 Å². The number of quaternary nitrogens is 1. The van der Waals surface area contributed by atoms with Crippen LogP contribution in [0.1, 0.15) is 64.7 Å². The van der Waals surface area contributed by atoms with Gasteiger partial charge in [-0.05, 0) is 44.1 Å². The van der Waals surface area contributed by atoms with E-state index in [9.17, 15) is 19.4 Å². The molecule has 0 saturated heterocycles. The Bertz CT molecular complexity index is 784. The molecule has 2 N–H and O–H groups in total. The molecule has 0 rings (SSSR count). The van der Waals surface area contributed by atoms with Gasteiger partial charge in [0, 0.05) is 13.5 Å². The van der Waals surface area contributed by atoms with Gasteiger partial charge in [0.25, 0.3) is 0 Å². The molecule has 0 aromatic heterocycles. The molecule has 38 heavy (non-hydrogen) atoms. The number of ether oxygens (including phenoxy) is 2. The minimum absolute atomic E-state index is 0.0206. The van der Waals surface area contributed by atoms with Crippen molar-refractivity contribution in [1.82, 2.24) is 0 Å². The van der Waals surface area contributed by atoms with Gasteiger partial charge in [0.05, 0.1) is 27.7 Å². The fourth-order valence-corrected chi connectivity index (χ4v) is 4.03. The first kappa shape index (κ1) is 36.5. The van der Waals surface area contributed by atoms with Crippen LogP contribution in [0.2, 0.25) is 0 Å². The Morgan fingerprint density at radius 3 is 2.45 bits per heavy atom. The number of nitrogens with zero attached hydrogens (tertiary/aromatic N) is 1. The van der Waals surface area contributed by atoms with Crippen LogP contribution in [0.25, 0.3) is 0 Å². The zero-order valence-electron chi connectivity index (χ0n) is 24.1. The number of esters is 1. The van der Waals surface area contributed by atoms with Crippen LogP contribution in [0.3, 0.4) is 0 Å². The fraction of sp³-hybridized carbons (Fsp3) is 0.750. The number of likely N-dealkylation sites (N-methyl/N-ethyl adjacent to an activating group) is 1. The Hall–Kier alpha value is -1.50. The molecule has 0 aliphatic heterocycles. The van der Waals surface area contributed by atoms with Crippen molar-refractivity contribution in [3.63, 3.8) is 0 Å². The zero-order valence-corrected chi connectivity index (χ0v) is 25.0. The van der Waals surface area contributed by atoms with Crippen LogP contribution in [0.5, 0.6) is 0 Å². The van der Waals surface area contributed by atoms with Gasteiger partial charge in [-0.15, -0.1) is 6.58 Å². The molecule has 0 heterocycles. The molecule has 0 saturated carbocycles. The summed E-state index contributed by atoms with van der Waals surface area (Å²) >= 11 is 0. The quantitative estimate of drug-likeness (QED) is 0.0492. The molecule has 0 radical (unpaired) electrons. The number of phosphoric acid groups is 1. The first-order chi connectivity index (χ1) is 17.9. The number of carbonyl (C=O) groups excluding carboxylic acids is 1. The van der Waals surface area contributed by atoms with E-state index >= 15 is 0 Å². The fourth-order valence-electron chi connectivity index (χ4n) is 3.29. The third kappa shape index (κ3) is 22.5. The Labute approximate surface area is 230 Å². The average molecular weight is 561 g/mol. The first-order valence-corrected chi connectivity index (χ1v) is 14.9. The van der Waals surface area contributed by atoms with Crippen LogP contribution in [0.4, 0.5) is 0 Å². The van der Waals surface area contributed by atoms with Crippen molar-refractivity contribution in [3.05, 3.63) is 24.8 Å². The summed E-state index contributed by atoms with van der Waals surface area (Å²) in [5.74, 6) is 6.07. The summed E-state index contributed by atoms with van der Waals surface area (Å²) in [4.78, 5) is 21.9. The summed E-state index contributed by atoms with van der Waals surface area (Å²) in [6.07, 6.45) is 12.8. The van der Waals surface area contributed by atoms with Crippen molar-refractivity contribution < 1.29 is 42.4 Å². The number of rotatable bonds is 22. The van der Waals surface area contributed by atoms with E-state index in [1.165, 1.54) is 32.8 Å². The van der Waals surface area contributed by atoms with E-state index in [2.05, 4.69) is 31.4 Å². The van der Waals surface area contributed by atoms with Crippen molar-refractivity contribution in [1.29, 1.82) is 0 Å². The van der Waals surface area contributed by atoms with Gasteiger partial charge in [0.2, 0.25) is 0 Å². The van der Waals surface area contributed by atoms with Crippen LogP contribution >= 0.6 is 7.82 Å². The Morgan fingerprint density at radius 2 is 1.79 bits per heavy atom. The second-order valence-electron chi connectivity index (χ2n) is 10.5. The molecule has 4 atom stereocenters. The maximum absolute atomic E-state index is 12.2. The molecule has 0 aromatic rings. The van der Waals surface area contributed by atoms with Gasteiger partial charge in [-0.25, -0.2) is 9.36 Å². The van der Waals surface area contributed by atoms with E-state index in [1.807, 2.05) is 33.3 Å². The molecule has 0 aromatic carbocycles. The van der Waals surface area contributed by atoms with Crippen molar-refractivity contribution in [2.24, 2.45) is 5.92 Å². The highest BCUT2D eigenvalue weighted by Crippen LogP contribution is 2.43. The summed E-state index contributed by atoms with van der Waals surface area (Å²) in [6.45, 7) is 5.66. The standard InChI is InChI=1S/C28H50NO8P/c1-7-8-9-15-18-25(2)19-16-13-11-10-12-14-17-20-27(34-6)28(31)35-23-26(30)24-37-38(32,33)36-22-21-29(3,4)5/h7,10-11,25-27,30H,1,8-9,13,15-24H2,2-6H3/p+1/b11-10-/t25?,26-,27+/m1/s1. The summed E-state index contributed by atoms with van der Waals surface area (Å²) in [7, 11) is 2.84. The number of allylic oxidation sites excluding steroid dienone is 3. The largest absolute Gasteiger partial charge is 0.472 e. The molecule has 10 heteroatoms. The highest BCUT2D eigenvalue weighted by Gasteiger charge is 2.25. The molecular weight excluding hydrogens is 509 g/mol. The molecule has 0 aliphatic carbocycles. The molecular formula is C28H51NO8P+. The highest BCUT2D eigenvalue weighted by molar-refractivity contribution is 7.47. The molecule has 0 fully saturated rings. The van der Waals surface area contributed by atoms with E-state index in [0.717, 1.165) is 25.2 Å². The van der Waals surface area contributed by atoms with E-state index in [0.29, 0.717) is 23.9 Å². The minimum Gasteiger partial charge on any atom is -0.461 e. The number of hydrogen-bond donors (Lipinski definition) is 2. The second kappa shape index (κ2) is 21.3. The van der Waals surface area contributed by atoms with Crippen LogP contribution in [0.15, 0.2) is 24.8 Å². The molecule has 0 spiro atoms. The third-order valence-electron chi connectivity index (χ3n) is 5.67. The van der Waals surface area contributed by atoms with Crippen LogP contribution in [-0.4, -0.2) is 87.3 Å². The second-order valence-corrected chi connectivity index (χ2v) is 11.9. The van der Waals surface area contributed by atoms with Crippen LogP contribution in [0, 0.1) is 17.8 Å². The lowest BCUT2D eigenvalue weighted by Crippen LogP contribution is -2.37. The van der Waals surface area contributed by atoms with E-state index < -0.39 is 39.2 Å². The molecule has 220 valence electrons. The number of phosphoric ester groups is 1. The number of methoxy groups -OCH3 is 1. The van der Waals surface area contributed by atoms with Gasteiger partial charge in [0.1, 0.15) is 25.9 Å². The number of unbranched alkanes of at least 4 members (excludes halogenated alkanes) is 3. The maximum Gasteiger partial charge on any atom is 0.472 e. The lowest BCUT2D eigenvalue weighted by Gasteiger charge is -2.24. The monoisotopic (exact) mass is 560 g/mol. The van der Waals surface area contributed by atoms with Gasteiger partial charge in [-0.1, -0.05) is 50.2 Å². The van der Waals surface area contributed by atoms with Crippen LogP contribution < -0.4 is 0 Å². The molecule has 2 unspecified atom stereocenters. The molecule has 9 nitrogen and oxygen atoms in total. The third-order valence-corrected chi connectivity index (χ3v) is 6.65. The van der Waals surface area contributed by atoms with Crippen molar-refractivity contribution >= 4 is 13.8 Å². The summed E-state index contributed by atoms with van der Waals surface area (Å²) in [5, 5.41) is 9.93. The Balaban J connectivity index is 4.11. The Kier molecular flexibility index (Phi) is 20.5. The summed E-state index contributed by atoms with van der Waals surface area (Å²) in [6, 6.07) is 0. The average Bonchev–Trinajstić information content (AvgIpc) is 2.84. The van der Waals surface area contributed by atoms with Gasteiger partial charge in [-0.2, -0.15) is 0 Å².